The van der Waals surface area contributed by atoms with Crippen LogP contribution in [0.5, 0.6) is 0 Å². The maximum atomic E-state index is 13.4. The summed E-state index contributed by atoms with van der Waals surface area (Å²) in [6, 6.07) is 2.41. The van der Waals surface area contributed by atoms with E-state index in [1.807, 2.05) is 0 Å². The Morgan fingerprint density at radius 2 is 2.26 bits per heavy atom. The molecule has 2 heterocycles. The van der Waals surface area contributed by atoms with E-state index in [4.69, 9.17) is 4.74 Å². The Morgan fingerprint density at radius 1 is 1.47 bits per heavy atom. The summed E-state index contributed by atoms with van der Waals surface area (Å²) in [5.41, 5.74) is 0.0860. The highest BCUT2D eigenvalue weighted by atomic mass is 79.9. The second-order valence-electron chi connectivity index (χ2n) is 4.90. The molecule has 5 nitrogen and oxygen atoms in total. The molecule has 7 heteroatoms. The number of nitro groups is 1. The lowest BCUT2D eigenvalue weighted by Gasteiger charge is -2.21. The van der Waals surface area contributed by atoms with Crippen LogP contribution in [0.15, 0.2) is 16.6 Å². The van der Waals surface area contributed by atoms with Gasteiger partial charge in [-0.25, -0.2) is 4.39 Å². The van der Waals surface area contributed by atoms with Gasteiger partial charge < -0.3 is 10.1 Å². The normalized spacial score (nSPS) is 28.6. The lowest BCUT2D eigenvalue weighted by Crippen LogP contribution is -2.30. The highest BCUT2D eigenvalue weighted by Crippen LogP contribution is 2.38. The number of nitrogens with zero attached hydrogens (tertiary/aromatic N) is 1. The van der Waals surface area contributed by atoms with Crippen LogP contribution in [0.2, 0.25) is 0 Å². The molecule has 0 amide bonds. The van der Waals surface area contributed by atoms with Crippen molar-refractivity contribution in [2.45, 2.75) is 37.5 Å². The van der Waals surface area contributed by atoms with E-state index in [1.165, 1.54) is 6.07 Å². The molecule has 0 aliphatic carbocycles. The lowest BCUT2D eigenvalue weighted by molar-refractivity contribution is -0.384. The zero-order valence-electron chi connectivity index (χ0n) is 9.94. The number of anilines is 1. The maximum absolute atomic E-state index is 13.4. The summed E-state index contributed by atoms with van der Waals surface area (Å²) in [4.78, 5) is 10.4. The summed E-state index contributed by atoms with van der Waals surface area (Å²) in [6.07, 6.45) is 3.23. The Balaban J connectivity index is 1.87. The third kappa shape index (κ3) is 2.32. The van der Waals surface area contributed by atoms with Gasteiger partial charge in [-0.1, -0.05) is 0 Å². The van der Waals surface area contributed by atoms with Crippen molar-refractivity contribution in [2.24, 2.45) is 0 Å². The molecule has 102 valence electrons. The highest BCUT2D eigenvalue weighted by molar-refractivity contribution is 9.10. The van der Waals surface area contributed by atoms with Gasteiger partial charge in [0.1, 0.15) is 11.5 Å². The second-order valence-corrected chi connectivity index (χ2v) is 5.76. The number of ether oxygens (including phenoxy) is 1. The summed E-state index contributed by atoms with van der Waals surface area (Å²) in [6.45, 7) is 0. The van der Waals surface area contributed by atoms with Crippen molar-refractivity contribution in [3.05, 3.63) is 32.5 Å². The Bertz CT molecular complexity index is 540. The Kier molecular flexibility index (Phi) is 3.18. The van der Waals surface area contributed by atoms with Gasteiger partial charge in [-0.3, -0.25) is 10.1 Å². The van der Waals surface area contributed by atoms with Gasteiger partial charge in [-0.15, -0.1) is 0 Å². The molecule has 2 bridgehead atoms. The standard InChI is InChI=1S/C12H12BrFN2O3/c13-7-4-9(11(16(17)18)5-8(7)14)15-10-3-6-1-2-12(10)19-6/h4-6,10,12,15H,1-3H2. The van der Waals surface area contributed by atoms with Crippen molar-refractivity contribution < 1.29 is 14.1 Å². The minimum Gasteiger partial charge on any atom is -0.374 e. The molecule has 3 atom stereocenters. The molecule has 1 N–H and O–H groups in total. The molecule has 2 fully saturated rings. The molecule has 0 spiro atoms. The first-order valence-electron chi connectivity index (χ1n) is 6.10. The molecule has 0 radical (unpaired) electrons. The van der Waals surface area contributed by atoms with Crippen LogP contribution in [-0.4, -0.2) is 23.2 Å². The van der Waals surface area contributed by atoms with Gasteiger partial charge >= 0.3 is 0 Å². The minimum atomic E-state index is -0.638. The first kappa shape index (κ1) is 12.8. The predicted molar refractivity (Wildman–Crippen MR) is 70.7 cm³/mol. The smallest absolute Gasteiger partial charge is 0.295 e. The Hall–Kier alpha value is -1.21. The molecule has 3 unspecified atom stereocenters. The molecule has 2 aliphatic rings. The molecule has 0 aromatic heterocycles. The Morgan fingerprint density at radius 3 is 2.84 bits per heavy atom. The summed E-state index contributed by atoms with van der Waals surface area (Å²) in [5, 5.41) is 14.1. The molecular formula is C12H12BrFN2O3. The van der Waals surface area contributed by atoms with E-state index < -0.39 is 10.7 Å². The van der Waals surface area contributed by atoms with Crippen molar-refractivity contribution >= 4 is 27.3 Å². The number of halogens is 2. The molecule has 0 saturated carbocycles. The second kappa shape index (κ2) is 4.72. The predicted octanol–water partition coefficient (Wildman–Crippen LogP) is 3.23. The van der Waals surface area contributed by atoms with Gasteiger partial charge in [0.25, 0.3) is 5.69 Å². The van der Waals surface area contributed by atoms with Crippen LogP contribution in [-0.2, 0) is 4.74 Å². The van der Waals surface area contributed by atoms with E-state index >= 15 is 0 Å². The van der Waals surface area contributed by atoms with E-state index in [0.29, 0.717) is 5.69 Å². The molecule has 1 aromatic rings. The van der Waals surface area contributed by atoms with Gasteiger partial charge in [0.15, 0.2) is 0 Å². The average molecular weight is 331 g/mol. The van der Waals surface area contributed by atoms with E-state index in [2.05, 4.69) is 21.2 Å². The highest BCUT2D eigenvalue weighted by Gasteiger charge is 2.41. The van der Waals surface area contributed by atoms with Crippen LogP contribution < -0.4 is 5.32 Å². The largest absolute Gasteiger partial charge is 0.374 e. The quantitative estimate of drug-likeness (QED) is 0.682. The van der Waals surface area contributed by atoms with Gasteiger partial charge in [0.2, 0.25) is 0 Å². The number of benzene rings is 1. The number of nitro benzene ring substituents is 1. The fourth-order valence-corrected chi connectivity index (χ4v) is 3.14. The third-order valence-corrected chi connectivity index (χ3v) is 4.29. The summed E-state index contributed by atoms with van der Waals surface area (Å²) in [5.74, 6) is -0.638. The summed E-state index contributed by atoms with van der Waals surface area (Å²) >= 11 is 3.05. The molecule has 19 heavy (non-hydrogen) atoms. The van der Waals surface area contributed by atoms with Crippen LogP contribution in [0.25, 0.3) is 0 Å². The summed E-state index contributed by atoms with van der Waals surface area (Å²) in [7, 11) is 0. The van der Waals surface area contributed by atoms with Crippen molar-refractivity contribution in [1.29, 1.82) is 0 Å². The van der Waals surface area contributed by atoms with Crippen molar-refractivity contribution in [3.8, 4) is 0 Å². The van der Waals surface area contributed by atoms with Crippen LogP contribution in [0, 0.1) is 15.9 Å². The minimum absolute atomic E-state index is 0.0646. The third-order valence-electron chi connectivity index (χ3n) is 3.68. The van der Waals surface area contributed by atoms with Crippen molar-refractivity contribution in [3.63, 3.8) is 0 Å². The van der Waals surface area contributed by atoms with Gasteiger partial charge in [-0.05, 0) is 41.3 Å². The number of fused-ring (bicyclic) bond motifs is 2. The van der Waals surface area contributed by atoms with Crippen molar-refractivity contribution in [2.75, 3.05) is 5.32 Å². The number of hydrogen-bond acceptors (Lipinski definition) is 4. The first-order chi connectivity index (χ1) is 9.04. The van der Waals surface area contributed by atoms with E-state index in [1.54, 1.807) is 0 Å². The molecule has 2 aliphatic heterocycles. The van der Waals surface area contributed by atoms with Gasteiger partial charge in [0.05, 0.1) is 33.7 Å². The molecule has 3 rings (SSSR count). The van der Waals surface area contributed by atoms with E-state index in [-0.39, 0.29) is 28.4 Å². The fourth-order valence-electron chi connectivity index (χ4n) is 2.79. The van der Waals surface area contributed by atoms with Crippen LogP contribution >= 0.6 is 15.9 Å². The average Bonchev–Trinajstić information content (AvgIpc) is 2.95. The Labute approximate surface area is 117 Å². The molecule has 2 saturated heterocycles. The van der Waals surface area contributed by atoms with Gasteiger partial charge in [0, 0.05) is 0 Å². The molecular weight excluding hydrogens is 319 g/mol. The lowest BCUT2D eigenvalue weighted by atomic mass is 9.95. The van der Waals surface area contributed by atoms with Crippen molar-refractivity contribution in [1.82, 2.24) is 0 Å². The number of nitrogens with one attached hydrogen (secondary N) is 1. The SMILES string of the molecule is O=[N+]([O-])c1cc(F)c(Br)cc1NC1CC2CCC1O2. The fraction of sp³-hybridized carbons (Fsp3) is 0.500. The van der Waals surface area contributed by atoms with E-state index in [0.717, 1.165) is 25.3 Å². The van der Waals surface area contributed by atoms with Crippen LogP contribution in [0.3, 0.4) is 0 Å². The molecule has 1 aromatic carbocycles. The van der Waals surface area contributed by atoms with Gasteiger partial charge in [-0.2, -0.15) is 0 Å². The topological polar surface area (TPSA) is 64.4 Å². The van der Waals surface area contributed by atoms with E-state index in [9.17, 15) is 14.5 Å². The number of hydrogen-bond donors (Lipinski definition) is 1. The maximum Gasteiger partial charge on any atom is 0.295 e. The summed E-state index contributed by atoms with van der Waals surface area (Å²) < 4.78 is 19.3. The van der Waals surface area contributed by atoms with Crippen LogP contribution in [0.1, 0.15) is 19.3 Å². The number of rotatable bonds is 3. The monoisotopic (exact) mass is 330 g/mol. The zero-order valence-corrected chi connectivity index (χ0v) is 11.5. The zero-order chi connectivity index (χ0) is 13.6. The van der Waals surface area contributed by atoms with Crippen LogP contribution in [0.4, 0.5) is 15.8 Å². The first-order valence-corrected chi connectivity index (χ1v) is 6.89.